The summed E-state index contributed by atoms with van der Waals surface area (Å²) in [6, 6.07) is 8.21. The predicted octanol–water partition coefficient (Wildman–Crippen LogP) is 2.29. The van der Waals surface area contributed by atoms with Gasteiger partial charge in [-0.05, 0) is 38.8 Å². The van der Waals surface area contributed by atoms with Crippen molar-refractivity contribution in [1.82, 2.24) is 4.90 Å². The van der Waals surface area contributed by atoms with Gasteiger partial charge in [-0.3, -0.25) is 0 Å². The molecule has 1 N–H and O–H groups in total. The Morgan fingerprint density at radius 1 is 1.33 bits per heavy atom. The van der Waals surface area contributed by atoms with E-state index in [1.807, 2.05) is 19.1 Å². The van der Waals surface area contributed by atoms with Gasteiger partial charge in [0.1, 0.15) is 5.75 Å². The Balaban J connectivity index is 1.87. The van der Waals surface area contributed by atoms with Crippen LogP contribution in [0.15, 0.2) is 24.3 Å². The Labute approximate surface area is 109 Å². The van der Waals surface area contributed by atoms with Crippen molar-refractivity contribution in [3.8, 4) is 5.75 Å². The molecule has 0 unspecified atom stereocenters. The van der Waals surface area contributed by atoms with E-state index in [1.165, 1.54) is 5.56 Å². The lowest BCUT2D eigenvalue weighted by Gasteiger charge is -2.34. The zero-order valence-electron chi connectivity index (χ0n) is 11.3. The van der Waals surface area contributed by atoms with E-state index in [0.29, 0.717) is 12.5 Å². The first-order chi connectivity index (χ1) is 8.69. The summed E-state index contributed by atoms with van der Waals surface area (Å²) in [4.78, 5) is 2.31. The van der Waals surface area contributed by atoms with Crippen LogP contribution in [0, 0.1) is 5.92 Å². The average Bonchev–Trinajstić information content (AvgIpc) is 2.30. The van der Waals surface area contributed by atoms with Gasteiger partial charge in [0, 0.05) is 18.7 Å². The van der Waals surface area contributed by atoms with E-state index >= 15 is 0 Å². The molecule has 1 saturated carbocycles. The lowest BCUT2D eigenvalue weighted by atomic mass is 9.82. The number of aliphatic hydroxyl groups is 1. The molecule has 0 spiro atoms. The smallest absolute Gasteiger partial charge is 0.123 e. The Kier molecular flexibility index (Phi) is 4.61. The second-order valence-corrected chi connectivity index (χ2v) is 5.23. The number of ether oxygens (including phenoxy) is 1. The number of benzene rings is 1. The van der Waals surface area contributed by atoms with E-state index in [1.54, 1.807) is 0 Å². The highest BCUT2D eigenvalue weighted by Gasteiger charge is 2.27. The minimum absolute atomic E-state index is 0.0564. The fraction of sp³-hybridized carbons (Fsp3) is 0.600. The van der Waals surface area contributed by atoms with Crippen LogP contribution in [0.2, 0.25) is 0 Å². The van der Waals surface area contributed by atoms with Crippen LogP contribution in [0.25, 0.3) is 0 Å². The molecule has 1 aliphatic rings. The first kappa shape index (κ1) is 13.4. The molecule has 18 heavy (non-hydrogen) atoms. The van der Waals surface area contributed by atoms with Crippen LogP contribution < -0.4 is 4.74 Å². The Hall–Kier alpha value is -1.06. The number of aliphatic hydroxyl groups excluding tert-OH is 1. The zero-order chi connectivity index (χ0) is 13.0. The third-order valence-electron chi connectivity index (χ3n) is 3.49. The minimum Gasteiger partial charge on any atom is -0.494 e. The Morgan fingerprint density at radius 2 is 2.06 bits per heavy atom. The number of nitrogens with zero attached hydrogens (tertiary/aromatic N) is 1. The quantitative estimate of drug-likeness (QED) is 0.839. The molecular formula is C15H23NO2. The fourth-order valence-electron chi connectivity index (χ4n) is 2.58. The third kappa shape index (κ3) is 3.47. The first-order valence-corrected chi connectivity index (χ1v) is 6.76. The van der Waals surface area contributed by atoms with Gasteiger partial charge >= 0.3 is 0 Å². The Bertz CT molecular complexity index is 375. The van der Waals surface area contributed by atoms with Crippen molar-refractivity contribution in [3.05, 3.63) is 29.8 Å². The zero-order valence-corrected chi connectivity index (χ0v) is 11.3. The fourth-order valence-corrected chi connectivity index (χ4v) is 2.58. The van der Waals surface area contributed by atoms with Gasteiger partial charge in [-0.2, -0.15) is 0 Å². The first-order valence-electron chi connectivity index (χ1n) is 6.76. The van der Waals surface area contributed by atoms with E-state index in [2.05, 4.69) is 24.1 Å². The largest absolute Gasteiger partial charge is 0.494 e. The maximum atomic E-state index is 9.30. The van der Waals surface area contributed by atoms with Crippen molar-refractivity contribution < 1.29 is 9.84 Å². The number of rotatable bonds is 6. The summed E-state index contributed by atoms with van der Waals surface area (Å²) in [5.41, 5.74) is 1.24. The van der Waals surface area contributed by atoms with Crippen molar-refractivity contribution in [2.24, 2.45) is 5.92 Å². The van der Waals surface area contributed by atoms with E-state index in [9.17, 15) is 5.11 Å². The van der Waals surface area contributed by atoms with E-state index < -0.39 is 0 Å². The molecule has 1 fully saturated rings. The van der Waals surface area contributed by atoms with E-state index in [4.69, 9.17) is 4.74 Å². The van der Waals surface area contributed by atoms with Crippen LogP contribution in [0.3, 0.4) is 0 Å². The van der Waals surface area contributed by atoms with E-state index in [0.717, 1.165) is 31.7 Å². The molecule has 2 rings (SSSR count). The molecule has 0 atom stereocenters. The second kappa shape index (κ2) is 6.21. The lowest BCUT2D eigenvalue weighted by Crippen LogP contribution is -2.36. The predicted molar refractivity (Wildman–Crippen MR) is 72.7 cm³/mol. The third-order valence-corrected chi connectivity index (χ3v) is 3.49. The summed E-state index contributed by atoms with van der Waals surface area (Å²) in [5, 5.41) is 9.30. The van der Waals surface area contributed by atoms with Crippen LogP contribution in [0.5, 0.6) is 5.75 Å². The molecule has 0 saturated heterocycles. The highest BCUT2D eigenvalue weighted by Crippen LogP contribution is 2.28. The monoisotopic (exact) mass is 249 g/mol. The Morgan fingerprint density at radius 3 is 2.72 bits per heavy atom. The second-order valence-electron chi connectivity index (χ2n) is 5.23. The molecule has 3 nitrogen and oxygen atoms in total. The van der Waals surface area contributed by atoms with Gasteiger partial charge in [0.25, 0.3) is 0 Å². The van der Waals surface area contributed by atoms with Crippen molar-refractivity contribution in [3.63, 3.8) is 0 Å². The summed E-state index contributed by atoms with van der Waals surface area (Å²) in [6.07, 6.45) is 1.86. The lowest BCUT2D eigenvalue weighted by molar-refractivity contribution is 0.0273. The van der Waals surface area contributed by atoms with Gasteiger partial charge in [0.15, 0.2) is 0 Å². The van der Waals surface area contributed by atoms with Gasteiger partial charge in [-0.15, -0.1) is 0 Å². The van der Waals surface area contributed by atoms with Crippen molar-refractivity contribution in [2.75, 3.05) is 20.2 Å². The van der Waals surface area contributed by atoms with Crippen LogP contribution >= 0.6 is 0 Å². The standard InChI is InChI=1S/C15H23NO2/c1-3-18-15-7-5-4-6-13(15)11-16(2)10-12-8-14(17)9-12/h4-7,12,14,17H,3,8-11H2,1-2H3. The van der Waals surface area contributed by atoms with E-state index in [-0.39, 0.29) is 6.10 Å². The molecule has 3 heteroatoms. The summed E-state index contributed by atoms with van der Waals surface area (Å²) < 4.78 is 5.63. The molecule has 0 heterocycles. The molecule has 0 bridgehead atoms. The molecule has 0 aliphatic heterocycles. The molecular weight excluding hydrogens is 226 g/mol. The maximum absolute atomic E-state index is 9.30. The minimum atomic E-state index is -0.0564. The van der Waals surface area contributed by atoms with Crippen LogP contribution in [-0.2, 0) is 6.54 Å². The molecule has 0 amide bonds. The van der Waals surface area contributed by atoms with Crippen LogP contribution in [-0.4, -0.2) is 36.3 Å². The molecule has 1 aromatic carbocycles. The van der Waals surface area contributed by atoms with Crippen molar-refractivity contribution in [1.29, 1.82) is 0 Å². The number of hydrogen-bond acceptors (Lipinski definition) is 3. The van der Waals surface area contributed by atoms with Gasteiger partial charge < -0.3 is 14.7 Å². The van der Waals surface area contributed by atoms with Gasteiger partial charge in [-0.25, -0.2) is 0 Å². The SMILES string of the molecule is CCOc1ccccc1CN(C)CC1CC(O)C1. The summed E-state index contributed by atoms with van der Waals surface area (Å²) in [6.45, 7) is 4.67. The number of para-hydroxylation sites is 1. The molecule has 1 aliphatic carbocycles. The molecule has 1 aromatic rings. The molecule has 100 valence electrons. The van der Waals surface area contributed by atoms with Crippen molar-refractivity contribution in [2.45, 2.75) is 32.4 Å². The van der Waals surface area contributed by atoms with Crippen molar-refractivity contribution >= 4 is 0 Å². The summed E-state index contributed by atoms with van der Waals surface area (Å²) in [5.74, 6) is 1.64. The topological polar surface area (TPSA) is 32.7 Å². The van der Waals surface area contributed by atoms with Gasteiger partial charge in [0.05, 0.1) is 12.7 Å². The molecule has 0 aromatic heterocycles. The van der Waals surface area contributed by atoms with Crippen LogP contribution in [0.4, 0.5) is 0 Å². The van der Waals surface area contributed by atoms with Crippen LogP contribution in [0.1, 0.15) is 25.3 Å². The maximum Gasteiger partial charge on any atom is 0.123 e. The summed E-state index contributed by atoms with van der Waals surface area (Å²) in [7, 11) is 2.13. The molecule has 0 radical (unpaired) electrons. The highest BCUT2D eigenvalue weighted by molar-refractivity contribution is 5.33. The summed E-state index contributed by atoms with van der Waals surface area (Å²) >= 11 is 0. The highest BCUT2D eigenvalue weighted by atomic mass is 16.5. The average molecular weight is 249 g/mol. The normalized spacial score (nSPS) is 22.9. The number of hydrogen-bond donors (Lipinski definition) is 1. The van der Waals surface area contributed by atoms with Gasteiger partial charge in [-0.1, -0.05) is 18.2 Å². The van der Waals surface area contributed by atoms with Gasteiger partial charge in [0.2, 0.25) is 0 Å².